The molecule has 2 N–H and O–H groups in total. The van der Waals surface area contributed by atoms with Gasteiger partial charge < -0.3 is 9.52 Å². The first-order valence-corrected chi connectivity index (χ1v) is 5.81. The molecule has 0 spiro atoms. The molecule has 0 aliphatic heterocycles. The van der Waals surface area contributed by atoms with Crippen LogP contribution in [0.1, 0.15) is 16.1 Å². The third kappa shape index (κ3) is 2.98. The summed E-state index contributed by atoms with van der Waals surface area (Å²) in [6.07, 6.45) is 2.87. The first-order valence-electron chi connectivity index (χ1n) is 5.02. The number of carbonyl (C=O) groups excluding carboxylic acids is 1. The fourth-order valence-corrected chi connectivity index (χ4v) is 1.63. The quantitative estimate of drug-likeness (QED) is 0.676. The van der Waals surface area contributed by atoms with Crippen LogP contribution < -0.4 is 5.43 Å². The van der Waals surface area contributed by atoms with Gasteiger partial charge in [-0.1, -0.05) is 15.9 Å². The van der Waals surface area contributed by atoms with Crippen LogP contribution in [0, 0.1) is 0 Å². The average Bonchev–Trinajstić information content (AvgIpc) is 2.85. The van der Waals surface area contributed by atoms with E-state index in [1.807, 2.05) is 0 Å². The van der Waals surface area contributed by atoms with Gasteiger partial charge in [0, 0.05) is 4.47 Å². The Hall–Kier alpha value is -2.08. The average molecular weight is 309 g/mol. The van der Waals surface area contributed by atoms with Gasteiger partial charge in [-0.3, -0.25) is 4.79 Å². The largest absolute Gasteiger partial charge is 0.507 e. The maximum absolute atomic E-state index is 11.7. The van der Waals surface area contributed by atoms with E-state index in [-0.39, 0.29) is 11.3 Å². The van der Waals surface area contributed by atoms with Crippen LogP contribution in [0.3, 0.4) is 0 Å². The number of hydrogen-bond donors (Lipinski definition) is 2. The predicted octanol–water partition coefficient (Wildman–Crippen LogP) is 2.51. The Bertz CT molecular complexity index is 579. The molecule has 2 aromatic rings. The van der Waals surface area contributed by atoms with Crippen molar-refractivity contribution in [1.82, 2.24) is 5.43 Å². The number of phenols is 1. The van der Waals surface area contributed by atoms with Crippen LogP contribution in [0.5, 0.6) is 5.75 Å². The lowest BCUT2D eigenvalue weighted by Crippen LogP contribution is -2.17. The lowest BCUT2D eigenvalue weighted by Gasteiger charge is -2.02. The van der Waals surface area contributed by atoms with Crippen molar-refractivity contribution in [2.45, 2.75) is 0 Å². The van der Waals surface area contributed by atoms with E-state index in [4.69, 9.17) is 4.42 Å². The SMILES string of the molecule is O=C(NN=Cc1ccco1)c1cc(Br)ccc1O. The van der Waals surface area contributed by atoms with Gasteiger partial charge in [0.1, 0.15) is 11.5 Å². The number of furan rings is 1. The summed E-state index contributed by atoms with van der Waals surface area (Å²) in [5, 5.41) is 13.3. The van der Waals surface area contributed by atoms with Crippen molar-refractivity contribution < 1.29 is 14.3 Å². The van der Waals surface area contributed by atoms with Gasteiger partial charge in [-0.25, -0.2) is 5.43 Å². The van der Waals surface area contributed by atoms with Gasteiger partial charge in [0.25, 0.3) is 5.91 Å². The zero-order chi connectivity index (χ0) is 13.0. The van der Waals surface area contributed by atoms with Crippen LogP contribution in [-0.2, 0) is 0 Å². The van der Waals surface area contributed by atoms with Gasteiger partial charge >= 0.3 is 0 Å². The van der Waals surface area contributed by atoms with Crippen molar-refractivity contribution in [2.75, 3.05) is 0 Å². The molecule has 92 valence electrons. The molecule has 1 amide bonds. The maximum atomic E-state index is 11.7. The van der Waals surface area contributed by atoms with Gasteiger partial charge in [-0.15, -0.1) is 0 Å². The molecule has 0 saturated carbocycles. The van der Waals surface area contributed by atoms with Crippen LogP contribution in [0.15, 0.2) is 50.6 Å². The molecule has 1 aromatic carbocycles. The van der Waals surface area contributed by atoms with Crippen molar-refractivity contribution in [1.29, 1.82) is 0 Å². The summed E-state index contributed by atoms with van der Waals surface area (Å²) in [6.45, 7) is 0. The summed E-state index contributed by atoms with van der Waals surface area (Å²) in [5.41, 5.74) is 2.43. The molecular formula is C12H9BrN2O3. The summed E-state index contributed by atoms with van der Waals surface area (Å²) in [7, 11) is 0. The minimum absolute atomic E-state index is 0.108. The molecule has 0 fully saturated rings. The fourth-order valence-electron chi connectivity index (χ4n) is 1.27. The molecule has 0 atom stereocenters. The van der Waals surface area contributed by atoms with Gasteiger partial charge in [0.2, 0.25) is 0 Å². The Morgan fingerprint density at radius 1 is 1.44 bits per heavy atom. The van der Waals surface area contributed by atoms with Crippen molar-refractivity contribution >= 4 is 28.1 Å². The van der Waals surface area contributed by atoms with E-state index >= 15 is 0 Å². The Kier molecular flexibility index (Phi) is 3.78. The highest BCUT2D eigenvalue weighted by Crippen LogP contribution is 2.21. The second-order valence-corrected chi connectivity index (χ2v) is 4.29. The number of benzene rings is 1. The van der Waals surface area contributed by atoms with Crippen LogP contribution in [0.2, 0.25) is 0 Å². The summed E-state index contributed by atoms with van der Waals surface area (Å²) in [5.74, 6) is -0.0886. The number of nitrogens with zero attached hydrogens (tertiary/aromatic N) is 1. The third-order valence-electron chi connectivity index (χ3n) is 2.10. The fraction of sp³-hybridized carbons (Fsp3) is 0. The topological polar surface area (TPSA) is 74.8 Å². The molecule has 0 aliphatic rings. The number of aromatic hydroxyl groups is 1. The number of amides is 1. The molecule has 5 nitrogen and oxygen atoms in total. The number of nitrogens with one attached hydrogen (secondary N) is 1. The number of halogens is 1. The monoisotopic (exact) mass is 308 g/mol. The molecule has 2 rings (SSSR count). The van der Waals surface area contributed by atoms with Gasteiger partial charge in [0.05, 0.1) is 18.0 Å². The summed E-state index contributed by atoms with van der Waals surface area (Å²) >= 11 is 3.22. The molecular weight excluding hydrogens is 300 g/mol. The molecule has 1 aromatic heterocycles. The maximum Gasteiger partial charge on any atom is 0.275 e. The molecule has 0 saturated heterocycles. The zero-order valence-electron chi connectivity index (χ0n) is 9.13. The molecule has 1 heterocycles. The van der Waals surface area contributed by atoms with Crippen LogP contribution in [-0.4, -0.2) is 17.2 Å². The number of hydrogen-bond acceptors (Lipinski definition) is 4. The summed E-state index contributed by atoms with van der Waals surface area (Å²) in [6, 6.07) is 7.98. The van der Waals surface area contributed by atoms with Crippen LogP contribution in [0.25, 0.3) is 0 Å². The predicted molar refractivity (Wildman–Crippen MR) is 69.6 cm³/mol. The Morgan fingerprint density at radius 2 is 2.28 bits per heavy atom. The third-order valence-corrected chi connectivity index (χ3v) is 2.60. The van der Waals surface area contributed by atoms with E-state index in [0.29, 0.717) is 10.2 Å². The van der Waals surface area contributed by atoms with Crippen molar-refractivity contribution in [3.63, 3.8) is 0 Å². The Balaban J connectivity index is 2.06. The zero-order valence-corrected chi connectivity index (χ0v) is 10.7. The van der Waals surface area contributed by atoms with E-state index in [9.17, 15) is 9.90 Å². The normalized spacial score (nSPS) is 10.7. The van der Waals surface area contributed by atoms with Gasteiger partial charge in [0.15, 0.2) is 0 Å². The molecule has 6 heteroatoms. The number of rotatable bonds is 3. The van der Waals surface area contributed by atoms with E-state index in [1.54, 1.807) is 18.2 Å². The number of carbonyl (C=O) groups is 1. The van der Waals surface area contributed by atoms with Crippen molar-refractivity contribution in [3.8, 4) is 5.75 Å². The van der Waals surface area contributed by atoms with Crippen molar-refractivity contribution in [2.24, 2.45) is 5.10 Å². The lowest BCUT2D eigenvalue weighted by atomic mass is 10.2. The van der Waals surface area contributed by atoms with E-state index < -0.39 is 5.91 Å². The second-order valence-electron chi connectivity index (χ2n) is 3.38. The molecule has 0 aliphatic carbocycles. The highest BCUT2D eigenvalue weighted by molar-refractivity contribution is 9.10. The highest BCUT2D eigenvalue weighted by atomic mass is 79.9. The van der Waals surface area contributed by atoms with Gasteiger partial charge in [-0.05, 0) is 30.3 Å². The Morgan fingerprint density at radius 3 is 3.00 bits per heavy atom. The minimum atomic E-state index is -0.503. The van der Waals surface area contributed by atoms with E-state index in [2.05, 4.69) is 26.5 Å². The first kappa shape index (κ1) is 12.4. The molecule has 0 unspecified atom stereocenters. The minimum Gasteiger partial charge on any atom is -0.507 e. The Labute approximate surface area is 111 Å². The summed E-state index contributed by atoms with van der Waals surface area (Å²) < 4.78 is 5.70. The summed E-state index contributed by atoms with van der Waals surface area (Å²) in [4.78, 5) is 11.7. The standard InChI is InChI=1S/C12H9BrN2O3/c13-8-3-4-11(16)10(6-8)12(17)15-14-7-9-2-1-5-18-9/h1-7,16H,(H,15,17). The van der Waals surface area contributed by atoms with Crippen LogP contribution in [0.4, 0.5) is 0 Å². The van der Waals surface area contributed by atoms with E-state index in [1.165, 1.54) is 24.6 Å². The second kappa shape index (κ2) is 5.50. The first-order chi connectivity index (χ1) is 8.66. The molecule has 0 radical (unpaired) electrons. The highest BCUT2D eigenvalue weighted by Gasteiger charge is 2.10. The van der Waals surface area contributed by atoms with E-state index in [0.717, 1.165) is 0 Å². The number of hydrazone groups is 1. The lowest BCUT2D eigenvalue weighted by molar-refractivity contribution is 0.0952. The smallest absolute Gasteiger partial charge is 0.275 e. The van der Waals surface area contributed by atoms with Crippen LogP contribution >= 0.6 is 15.9 Å². The number of phenolic OH excluding ortho intramolecular Hbond substituents is 1. The molecule has 0 bridgehead atoms. The molecule has 18 heavy (non-hydrogen) atoms. The van der Waals surface area contributed by atoms with Gasteiger partial charge in [-0.2, -0.15) is 5.10 Å². The van der Waals surface area contributed by atoms with Crippen molar-refractivity contribution in [3.05, 3.63) is 52.4 Å².